The largest absolute Gasteiger partial charge is 0.361 e. The van der Waals surface area contributed by atoms with Crippen molar-refractivity contribution in [2.45, 2.75) is 46.2 Å². The van der Waals surface area contributed by atoms with Crippen LogP contribution in [0.25, 0.3) is 0 Å². The van der Waals surface area contributed by atoms with Crippen LogP contribution in [0.5, 0.6) is 0 Å². The van der Waals surface area contributed by atoms with E-state index in [4.69, 9.17) is 4.52 Å². The summed E-state index contributed by atoms with van der Waals surface area (Å²) < 4.78 is 5.27. The maximum Gasteiger partial charge on any atom is 0.252 e. The van der Waals surface area contributed by atoms with Gasteiger partial charge in [-0.25, -0.2) is 0 Å². The second-order valence-corrected chi connectivity index (χ2v) is 8.55. The standard InChI is InChI=1S/C20H26N4O3S/c1-13-16(14(2)27-22-13)10-23-8-5-15-17(12-28-18(15)11-23)20(26)21-9-19(25)24-6-3-4-7-24/h12H,3-11H2,1-2H3,(H,21,26). The summed E-state index contributed by atoms with van der Waals surface area (Å²) in [6.07, 6.45) is 2.95. The van der Waals surface area contributed by atoms with Crippen LogP contribution in [0.3, 0.4) is 0 Å². The molecule has 2 aliphatic rings. The second-order valence-electron chi connectivity index (χ2n) is 7.59. The number of carbonyl (C=O) groups is 2. The zero-order valence-electron chi connectivity index (χ0n) is 16.4. The van der Waals surface area contributed by atoms with Crippen LogP contribution in [0.15, 0.2) is 9.90 Å². The van der Waals surface area contributed by atoms with E-state index in [1.807, 2.05) is 24.1 Å². The number of fused-ring (bicyclic) bond motifs is 1. The molecule has 1 N–H and O–H groups in total. The maximum atomic E-state index is 12.6. The van der Waals surface area contributed by atoms with Gasteiger partial charge in [-0.15, -0.1) is 11.3 Å². The van der Waals surface area contributed by atoms with Gasteiger partial charge < -0.3 is 14.7 Å². The molecular formula is C20H26N4O3S. The predicted octanol–water partition coefficient (Wildman–Crippen LogP) is 2.26. The van der Waals surface area contributed by atoms with Crippen molar-refractivity contribution in [1.82, 2.24) is 20.3 Å². The summed E-state index contributed by atoms with van der Waals surface area (Å²) >= 11 is 1.63. The molecule has 0 aliphatic carbocycles. The smallest absolute Gasteiger partial charge is 0.252 e. The molecule has 8 heteroatoms. The highest BCUT2D eigenvalue weighted by molar-refractivity contribution is 7.10. The van der Waals surface area contributed by atoms with E-state index in [1.165, 1.54) is 4.88 Å². The number of thiophene rings is 1. The summed E-state index contributed by atoms with van der Waals surface area (Å²) in [6, 6.07) is 0. The van der Waals surface area contributed by atoms with Gasteiger partial charge in [-0.1, -0.05) is 5.16 Å². The van der Waals surface area contributed by atoms with E-state index in [0.717, 1.165) is 80.1 Å². The molecule has 4 heterocycles. The normalized spacial score (nSPS) is 17.0. The highest BCUT2D eigenvalue weighted by atomic mass is 32.1. The molecule has 2 aromatic rings. The molecule has 2 amide bonds. The molecule has 0 radical (unpaired) electrons. The average molecular weight is 403 g/mol. The lowest BCUT2D eigenvalue weighted by atomic mass is 10.0. The molecule has 0 aromatic carbocycles. The maximum absolute atomic E-state index is 12.6. The van der Waals surface area contributed by atoms with E-state index >= 15 is 0 Å². The van der Waals surface area contributed by atoms with Crippen molar-refractivity contribution in [3.8, 4) is 0 Å². The molecule has 4 rings (SSSR count). The number of amides is 2. The van der Waals surface area contributed by atoms with Crippen molar-refractivity contribution in [2.75, 3.05) is 26.2 Å². The first kappa shape index (κ1) is 19.1. The second kappa shape index (κ2) is 8.05. The van der Waals surface area contributed by atoms with Crippen molar-refractivity contribution in [2.24, 2.45) is 0 Å². The summed E-state index contributed by atoms with van der Waals surface area (Å²) in [6.45, 7) is 8.14. The lowest BCUT2D eigenvalue weighted by molar-refractivity contribution is -0.129. The van der Waals surface area contributed by atoms with Crippen LogP contribution < -0.4 is 5.32 Å². The lowest BCUT2D eigenvalue weighted by Crippen LogP contribution is -2.39. The third-order valence-electron chi connectivity index (χ3n) is 5.69. The summed E-state index contributed by atoms with van der Waals surface area (Å²) in [5.74, 6) is 0.752. The number of likely N-dealkylation sites (tertiary alicyclic amines) is 1. The highest BCUT2D eigenvalue weighted by Gasteiger charge is 2.26. The predicted molar refractivity (Wildman–Crippen MR) is 106 cm³/mol. The van der Waals surface area contributed by atoms with Crippen LogP contribution >= 0.6 is 11.3 Å². The van der Waals surface area contributed by atoms with E-state index in [2.05, 4.69) is 15.4 Å². The summed E-state index contributed by atoms with van der Waals surface area (Å²) in [7, 11) is 0. The van der Waals surface area contributed by atoms with Crippen LogP contribution in [0.4, 0.5) is 0 Å². The minimum Gasteiger partial charge on any atom is -0.361 e. The SMILES string of the molecule is Cc1noc(C)c1CN1CCc2c(C(=O)NCC(=O)N3CCCC3)csc2C1. The van der Waals surface area contributed by atoms with E-state index in [-0.39, 0.29) is 18.4 Å². The van der Waals surface area contributed by atoms with Gasteiger partial charge in [0.2, 0.25) is 5.91 Å². The van der Waals surface area contributed by atoms with Gasteiger partial charge in [-0.05, 0) is 38.7 Å². The number of carbonyl (C=O) groups excluding carboxylic acids is 2. The first-order valence-corrected chi connectivity index (χ1v) is 10.7. The molecule has 0 atom stereocenters. The Morgan fingerprint density at radius 1 is 1.25 bits per heavy atom. The van der Waals surface area contributed by atoms with E-state index < -0.39 is 0 Å². The lowest BCUT2D eigenvalue weighted by Gasteiger charge is -2.27. The van der Waals surface area contributed by atoms with Crippen molar-refractivity contribution >= 4 is 23.2 Å². The average Bonchev–Trinajstić information content (AvgIpc) is 3.42. The number of nitrogens with one attached hydrogen (secondary N) is 1. The van der Waals surface area contributed by atoms with Gasteiger partial charge in [0.1, 0.15) is 5.76 Å². The highest BCUT2D eigenvalue weighted by Crippen LogP contribution is 2.30. The summed E-state index contributed by atoms with van der Waals surface area (Å²) in [5, 5.41) is 8.78. The van der Waals surface area contributed by atoms with E-state index in [1.54, 1.807) is 11.3 Å². The Morgan fingerprint density at radius 3 is 2.75 bits per heavy atom. The molecule has 2 aromatic heterocycles. The Hall–Kier alpha value is -2.19. The molecule has 2 aliphatic heterocycles. The molecule has 0 saturated carbocycles. The molecule has 0 spiro atoms. The number of hydrogen-bond donors (Lipinski definition) is 1. The molecule has 1 saturated heterocycles. The van der Waals surface area contributed by atoms with Crippen LogP contribution in [-0.4, -0.2) is 52.9 Å². The number of aromatic nitrogens is 1. The van der Waals surface area contributed by atoms with Crippen LogP contribution in [0.1, 0.15) is 50.7 Å². The topological polar surface area (TPSA) is 78.7 Å². The van der Waals surface area contributed by atoms with Crippen molar-refractivity contribution < 1.29 is 14.1 Å². The first-order valence-electron chi connectivity index (χ1n) is 9.82. The molecule has 7 nitrogen and oxygen atoms in total. The fourth-order valence-corrected chi connectivity index (χ4v) is 5.11. The minimum atomic E-state index is -0.135. The van der Waals surface area contributed by atoms with Gasteiger partial charge >= 0.3 is 0 Å². The van der Waals surface area contributed by atoms with Crippen molar-refractivity contribution in [3.63, 3.8) is 0 Å². The number of hydrogen-bond acceptors (Lipinski definition) is 6. The Bertz CT molecular complexity index is 863. The molecule has 150 valence electrons. The van der Waals surface area contributed by atoms with E-state index in [9.17, 15) is 9.59 Å². The molecule has 1 fully saturated rings. The van der Waals surface area contributed by atoms with Crippen LogP contribution in [0.2, 0.25) is 0 Å². The quantitative estimate of drug-likeness (QED) is 0.830. The summed E-state index contributed by atoms with van der Waals surface area (Å²) in [5.41, 5.74) is 3.95. The van der Waals surface area contributed by atoms with Crippen molar-refractivity contribution in [1.29, 1.82) is 0 Å². The molecule has 28 heavy (non-hydrogen) atoms. The van der Waals surface area contributed by atoms with E-state index in [0.29, 0.717) is 0 Å². The van der Waals surface area contributed by atoms with Crippen molar-refractivity contribution in [3.05, 3.63) is 38.4 Å². The van der Waals surface area contributed by atoms with Gasteiger partial charge in [0, 0.05) is 48.5 Å². The molecule has 0 bridgehead atoms. The minimum absolute atomic E-state index is 0.0144. The van der Waals surface area contributed by atoms with Gasteiger partial charge in [0.25, 0.3) is 5.91 Å². The van der Waals surface area contributed by atoms with Gasteiger partial charge in [0.15, 0.2) is 0 Å². The Morgan fingerprint density at radius 2 is 2.04 bits per heavy atom. The fraction of sp³-hybridized carbons (Fsp3) is 0.550. The number of rotatable bonds is 5. The zero-order chi connectivity index (χ0) is 19.7. The third-order valence-corrected chi connectivity index (χ3v) is 6.71. The Labute approximate surface area is 168 Å². The number of nitrogens with zero attached hydrogens (tertiary/aromatic N) is 3. The van der Waals surface area contributed by atoms with Gasteiger partial charge in [-0.2, -0.15) is 0 Å². The number of aryl methyl sites for hydroxylation is 2. The third kappa shape index (κ3) is 3.84. The fourth-order valence-electron chi connectivity index (χ4n) is 3.99. The first-order chi connectivity index (χ1) is 13.5. The monoisotopic (exact) mass is 402 g/mol. The zero-order valence-corrected chi connectivity index (χ0v) is 17.2. The molecule has 0 unspecified atom stereocenters. The Balaban J connectivity index is 1.36. The van der Waals surface area contributed by atoms with Crippen LogP contribution in [-0.2, 0) is 24.3 Å². The van der Waals surface area contributed by atoms with Gasteiger partial charge in [0.05, 0.1) is 17.8 Å². The molecular weight excluding hydrogens is 376 g/mol. The van der Waals surface area contributed by atoms with Gasteiger partial charge in [-0.3, -0.25) is 14.5 Å². The van der Waals surface area contributed by atoms with Crippen LogP contribution in [0, 0.1) is 13.8 Å². The Kier molecular flexibility index (Phi) is 5.50. The summed E-state index contributed by atoms with van der Waals surface area (Å²) in [4.78, 5) is 30.2.